The van der Waals surface area contributed by atoms with Crippen molar-refractivity contribution in [1.82, 2.24) is 0 Å². The first-order valence-corrected chi connectivity index (χ1v) is 9.29. The molecule has 4 heteroatoms. The number of amidine groups is 1. The summed E-state index contributed by atoms with van der Waals surface area (Å²) in [5, 5.41) is 1.33. The van der Waals surface area contributed by atoms with Crippen molar-refractivity contribution in [3.05, 3.63) is 30.3 Å². The smallest absolute Gasteiger partial charge is 0.252 e. The number of nitrogens with zero attached hydrogens (tertiary/aromatic N) is 2. The first kappa shape index (κ1) is 15.6. The lowest BCUT2D eigenvalue weighted by molar-refractivity contribution is -0.121. The van der Waals surface area contributed by atoms with Crippen LogP contribution in [0.4, 0.5) is 5.69 Å². The van der Waals surface area contributed by atoms with Crippen molar-refractivity contribution < 1.29 is 4.79 Å². The van der Waals surface area contributed by atoms with E-state index in [1.165, 1.54) is 19.3 Å². The average Bonchev–Trinajstić information content (AvgIpc) is 2.79. The summed E-state index contributed by atoms with van der Waals surface area (Å²) in [6, 6.07) is 10.3. The molecule has 0 radical (unpaired) electrons. The van der Waals surface area contributed by atoms with Crippen LogP contribution < -0.4 is 4.90 Å². The first-order valence-electron chi connectivity index (χ1n) is 8.41. The molecule has 1 heterocycles. The Morgan fingerprint density at radius 3 is 2.73 bits per heavy atom. The van der Waals surface area contributed by atoms with E-state index in [1.807, 2.05) is 30.0 Å². The zero-order valence-corrected chi connectivity index (χ0v) is 14.0. The number of thioether (sulfide) groups is 1. The van der Waals surface area contributed by atoms with Crippen LogP contribution in [-0.4, -0.2) is 22.9 Å². The normalized spacial score (nSPS) is 25.1. The topological polar surface area (TPSA) is 32.7 Å². The summed E-state index contributed by atoms with van der Waals surface area (Å²) in [5.41, 5.74) is 1.13. The average molecular weight is 316 g/mol. The highest BCUT2D eigenvalue weighted by atomic mass is 32.2. The highest BCUT2D eigenvalue weighted by molar-refractivity contribution is 8.14. The van der Waals surface area contributed by atoms with Gasteiger partial charge in [-0.3, -0.25) is 4.79 Å². The van der Waals surface area contributed by atoms with E-state index in [1.54, 1.807) is 0 Å². The number of fused-ring (bicyclic) bond motifs is 1. The first-order chi connectivity index (χ1) is 10.8. The molecule has 0 bridgehead atoms. The van der Waals surface area contributed by atoms with Gasteiger partial charge in [0.2, 0.25) is 0 Å². The van der Waals surface area contributed by atoms with Crippen LogP contribution in [0.2, 0.25) is 0 Å². The zero-order chi connectivity index (χ0) is 15.4. The van der Waals surface area contributed by atoms with Gasteiger partial charge in [0.15, 0.2) is 5.17 Å². The number of amides is 1. The van der Waals surface area contributed by atoms with Crippen LogP contribution in [0.25, 0.3) is 0 Å². The minimum absolute atomic E-state index is 0.109. The van der Waals surface area contributed by atoms with Crippen LogP contribution in [0.15, 0.2) is 35.3 Å². The van der Waals surface area contributed by atoms with Crippen LogP contribution in [0.1, 0.15) is 45.4 Å². The molecule has 1 fully saturated rings. The molecule has 1 saturated carbocycles. The molecule has 3 nitrogen and oxygen atoms in total. The van der Waals surface area contributed by atoms with Crippen molar-refractivity contribution in [2.75, 3.05) is 11.4 Å². The molecular weight excluding hydrogens is 292 g/mol. The van der Waals surface area contributed by atoms with E-state index >= 15 is 0 Å². The molecule has 0 aromatic heterocycles. The summed E-state index contributed by atoms with van der Waals surface area (Å²) in [6.45, 7) is 3.07. The molecule has 0 N–H and O–H groups in total. The Morgan fingerprint density at radius 1 is 1.18 bits per heavy atom. The minimum atomic E-state index is 0.109. The Hall–Kier alpha value is -1.29. The maximum Gasteiger partial charge on any atom is 0.252 e. The predicted octanol–water partition coefficient (Wildman–Crippen LogP) is 4.48. The molecule has 22 heavy (non-hydrogen) atoms. The van der Waals surface area contributed by atoms with Gasteiger partial charge in [-0.15, -0.1) is 0 Å². The molecular formula is C18H24N2OS. The van der Waals surface area contributed by atoms with Gasteiger partial charge < -0.3 is 4.90 Å². The lowest BCUT2D eigenvalue weighted by Gasteiger charge is -2.33. The summed E-state index contributed by atoms with van der Waals surface area (Å²) >= 11 is 1.83. The molecule has 0 spiro atoms. The number of hydrogen-bond donors (Lipinski definition) is 0. The number of carbonyl (C=O) groups is 1. The van der Waals surface area contributed by atoms with Gasteiger partial charge in [0.25, 0.3) is 5.91 Å². The molecule has 0 saturated heterocycles. The Balaban J connectivity index is 1.86. The summed E-state index contributed by atoms with van der Waals surface area (Å²) in [5.74, 6) is 0.258. The van der Waals surface area contributed by atoms with E-state index in [0.717, 1.165) is 36.7 Å². The lowest BCUT2D eigenvalue weighted by atomic mass is 9.99. The highest BCUT2D eigenvalue weighted by Gasteiger charge is 2.36. The molecule has 3 rings (SSSR count). The number of para-hydroxylation sites is 1. The van der Waals surface area contributed by atoms with Crippen molar-refractivity contribution in [2.24, 2.45) is 10.9 Å². The number of benzene rings is 1. The largest absolute Gasteiger partial charge is 0.321 e. The van der Waals surface area contributed by atoms with E-state index in [0.29, 0.717) is 5.25 Å². The van der Waals surface area contributed by atoms with E-state index < -0.39 is 0 Å². The Bertz CT molecular complexity index is 543. The fourth-order valence-corrected chi connectivity index (χ4v) is 4.77. The highest BCUT2D eigenvalue weighted by Crippen LogP contribution is 2.38. The summed E-state index contributed by atoms with van der Waals surface area (Å²) in [6.07, 6.45) is 6.88. The van der Waals surface area contributed by atoms with Gasteiger partial charge >= 0.3 is 0 Å². The molecule has 118 valence electrons. The van der Waals surface area contributed by atoms with Crippen molar-refractivity contribution in [1.29, 1.82) is 0 Å². The lowest BCUT2D eigenvalue weighted by Crippen LogP contribution is -2.38. The SMILES string of the molecule is CCCN(C1=NC(=O)C2CCCCCC2S1)c1ccccc1. The summed E-state index contributed by atoms with van der Waals surface area (Å²) in [4.78, 5) is 19.2. The van der Waals surface area contributed by atoms with Crippen molar-refractivity contribution in [3.63, 3.8) is 0 Å². The third kappa shape index (κ3) is 3.37. The van der Waals surface area contributed by atoms with Crippen molar-refractivity contribution in [3.8, 4) is 0 Å². The van der Waals surface area contributed by atoms with Crippen LogP contribution in [0.3, 0.4) is 0 Å². The molecule has 2 aliphatic rings. The maximum atomic E-state index is 12.5. The number of anilines is 1. The van der Waals surface area contributed by atoms with Gasteiger partial charge in [-0.2, -0.15) is 4.99 Å². The van der Waals surface area contributed by atoms with Gasteiger partial charge in [-0.25, -0.2) is 0 Å². The van der Waals surface area contributed by atoms with Gasteiger partial charge in [0.1, 0.15) is 0 Å². The molecule has 1 amide bonds. The molecule has 1 aromatic carbocycles. The van der Waals surface area contributed by atoms with Crippen molar-refractivity contribution in [2.45, 2.75) is 50.7 Å². The minimum Gasteiger partial charge on any atom is -0.321 e. The number of carbonyl (C=O) groups excluding carboxylic acids is 1. The second-order valence-corrected chi connectivity index (χ2v) is 7.33. The van der Waals surface area contributed by atoms with E-state index in [9.17, 15) is 4.79 Å². The molecule has 1 aliphatic heterocycles. The Labute approximate surface area is 137 Å². The van der Waals surface area contributed by atoms with Crippen molar-refractivity contribution >= 4 is 28.5 Å². The standard InChI is InChI=1S/C18H24N2OS/c1-2-13-20(14-9-5-3-6-10-14)18-19-17(21)15-11-7-4-8-12-16(15)22-18/h3,5-6,9-10,15-16H,2,4,7-8,11-13H2,1H3. The maximum absolute atomic E-state index is 12.5. The quantitative estimate of drug-likeness (QED) is 0.824. The van der Waals surface area contributed by atoms with Gasteiger partial charge in [0.05, 0.1) is 5.92 Å². The Morgan fingerprint density at radius 2 is 1.95 bits per heavy atom. The third-order valence-corrected chi connectivity index (χ3v) is 5.87. The van der Waals surface area contributed by atoms with Gasteiger partial charge in [-0.1, -0.05) is 56.1 Å². The van der Waals surface area contributed by atoms with E-state index in [4.69, 9.17) is 0 Å². The second kappa shape index (κ2) is 7.32. The molecule has 1 aliphatic carbocycles. The van der Waals surface area contributed by atoms with Crippen LogP contribution >= 0.6 is 11.8 Å². The third-order valence-electron chi connectivity index (χ3n) is 4.48. The van der Waals surface area contributed by atoms with Gasteiger partial charge in [-0.05, 0) is 31.4 Å². The summed E-state index contributed by atoms with van der Waals surface area (Å²) < 4.78 is 0. The predicted molar refractivity (Wildman–Crippen MR) is 94.5 cm³/mol. The fourth-order valence-electron chi connectivity index (χ4n) is 3.33. The number of aliphatic imine (C=N–C) groups is 1. The Kier molecular flexibility index (Phi) is 5.19. The van der Waals surface area contributed by atoms with Crippen LogP contribution in [-0.2, 0) is 4.79 Å². The van der Waals surface area contributed by atoms with Crippen LogP contribution in [0.5, 0.6) is 0 Å². The van der Waals surface area contributed by atoms with Crippen LogP contribution in [0, 0.1) is 5.92 Å². The molecule has 2 unspecified atom stereocenters. The fraction of sp³-hybridized carbons (Fsp3) is 0.556. The summed E-state index contributed by atoms with van der Waals surface area (Å²) in [7, 11) is 0. The monoisotopic (exact) mass is 316 g/mol. The number of hydrogen-bond acceptors (Lipinski definition) is 3. The number of rotatable bonds is 3. The molecule has 1 aromatic rings. The second-order valence-electron chi connectivity index (χ2n) is 6.12. The molecule has 2 atom stereocenters. The van der Waals surface area contributed by atoms with Gasteiger partial charge in [0, 0.05) is 17.5 Å². The zero-order valence-electron chi connectivity index (χ0n) is 13.2. The van der Waals surface area contributed by atoms with E-state index in [-0.39, 0.29) is 11.8 Å². The van der Waals surface area contributed by atoms with E-state index in [2.05, 4.69) is 28.9 Å².